The minimum absolute atomic E-state index is 0.0953. The molecule has 0 saturated carbocycles. The summed E-state index contributed by atoms with van der Waals surface area (Å²) < 4.78 is 124. The fraction of sp³-hybridized carbons (Fsp3) is 0.250. The van der Waals surface area contributed by atoms with Crippen molar-refractivity contribution in [2.75, 3.05) is 13.3 Å². The summed E-state index contributed by atoms with van der Waals surface area (Å²) in [6.07, 6.45) is -2.60. The second-order valence-corrected chi connectivity index (χ2v) is 9.54. The minimum atomic E-state index is -4.71. The zero-order valence-electron chi connectivity index (χ0n) is 22.4. The number of hydrogen-bond donors (Lipinski definition) is 0. The van der Waals surface area contributed by atoms with E-state index in [4.69, 9.17) is 4.74 Å². The molecule has 2 nitrogen and oxygen atoms in total. The lowest BCUT2D eigenvalue weighted by Gasteiger charge is -2.20. The molecule has 4 rings (SSSR count). The topological polar surface area (TPSA) is 18.5 Å². The number of unbranched alkanes of at least 4 members (excludes halogenated alkanes) is 1. The Morgan fingerprint density at radius 3 is 1.83 bits per heavy atom. The van der Waals surface area contributed by atoms with Crippen LogP contribution in [0.25, 0.3) is 22.3 Å². The van der Waals surface area contributed by atoms with Crippen LogP contribution >= 0.6 is 0 Å². The van der Waals surface area contributed by atoms with Crippen molar-refractivity contribution in [1.82, 2.24) is 0 Å². The van der Waals surface area contributed by atoms with Crippen LogP contribution in [0.1, 0.15) is 37.3 Å². The Labute approximate surface area is 237 Å². The van der Waals surface area contributed by atoms with Crippen LogP contribution in [0, 0.1) is 29.1 Å². The number of alkyl halides is 3. The average Bonchev–Trinajstić information content (AvgIpc) is 2.92. The van der Waals surface area contributed by atoms with E-state index >= 15 is 4.39 Å². The highest BCUT2D eigenvalue weighted by Gasteiger charge is 2.41. The van der Waals surface area contributed by atoms with E-state index < -0.39 is 58.9 Å². The summed E-state index contributed by atoms with van der Waals surface area (Å²) >= 11 is 0. The molecule has 222 valence electrons. The molecule has 0 aliphatic carbocycles. The molecular formula is C32H26F8O2. The Hall–Kier alpha value is -4.08. The van der Waals surface area contributed by atoms with Crippen LogP contribution < -0.4 is 9.47 Å². The lowest BCUT2D eigenvalue weighted by Crippen LogP contribution is -2.25. The van der Waals surface area contributed by atoms with E-state index in [2.05, 4.69) is 4.74 Å². The molecule has 0 radical (unpaired) electrons. The molecule has 0 bridgehead atoms. The molecule has 0 heterocycles. The van der Waals surface area contributed by atoms with E-state index in [1.54, 1.807) is 0 Å². The van der Waals surface area contributed by atoms with Crippen molar-refractivity contribution in [3.8, 4) is 33.8 Å². The minimum Gasteiger partial charge on any atom is -0.488 e. The van der Waals surface area contributed by atoms with E-state index in [1.807, 2.05) is 31.2 Å². The monoisotopic (exact) mass is 594 g/mol. The molecule has 42 heavy (non-hydrogen) atoms. The highest BCUT2D eigenvalue weighted by Crippen LogP contribution is 2.39. The van der Waals surface area contributed by atoms with E-state index in [0.717, 1.165) is 18.4 Å². The standard InChI is InChI=1S/C32H26F8O2/c1-2-5-19-6-8-20(9-7-19)21-10-11-24(25(34)14-21)22-15-26(35)30(27(36)16-22)32(39,40)42-23-17-28(37)31(29(38)18-23)41-13-4-3-12-33/h6-11,14-18H,2-5,12-13H2,1H3. The molecule has 0 spiro atoms. The molecule has 0 aromatic heterocycles. The van der Waals surface area contributed by atoms with Gasteiger partial charge in [0.25, 0.3) is 0 Å². The summed E-state index contributed by atoms with van der Waals surface area (Å²) in [6, 6.07) is 13.2. The van der Waals surface area contributed by atoms with Gasteiger partial charge in [0.1, 0.15) is 28.8 Å². The first kappa shape index (κ1) is 30.9. The van der Waals surface area contributed by atoms with Crippen molar-refractivity contribution >= 4 is 0 Å². The summed E-state index contributed by atoms with van der Waals surface area (Å²) in [5.74, 6) is -9.15. The third-order valence-corrected chi connectivity index (χ3v) is 6.43. The van der Waals surface area contributed by atoms with Gasteiger partial charge in [-0.2, -0.15) is 8.78 Å². The second kappa shape index (κ2) is 13.3. The van der Waals surface area contributed by atoms with E-state index in [-0.39, 0.29) is 30.6 Å². The van der Waals surface area contributed by atoms with Gasteiger partial charge in [-0.1, -0.05) is 49.7 Å². The Bertz CT molecular complexity index is 1490. The highest BCUT2D eigenvalue weighted by molar-refractivity contribution is 5.71. The van der Waals surface area contributed by atoms with E-state index in [1.165, 1.54) is 18.2 Å². The predicted octanol–water partition coefficient (Wildman–Crippen LogP) is 9.93. The molecule has 4 aromatic carbocycles. The molecule has 0 aliphatic rings. The number of halogens is 8. The number of benzene rings is 4. The molecule has 10 heteroatoms. The second-order valence-electron chi connectivity index (χ2n) is 9.54. The highest BCUT2D eigenvalue weighted by atomic mass is 19.3. The van der Waals surface area contributed by atoms with E-state index in [0.29, 0.717) is 35.4 Å². The lowest BCUT2D eigenvalue weighted by molar-refractivity contribution is -0.189. The van der Waals surface area contributed by atoms with Gasteiger partial charge < -0.3 is 9.47 Å². The van der Waals surface area contributed by atoms with Gasteiger partial charge in [-0.15, -0.1) is 0 Å². The first-order chi connectivity index (χ1) is 20.0. The zero-order valence-corrected chi connectivity index (χ0v) is 22.4. The summed E-state index contributed by atoms with van der Waals surface area (Å²) in [7, 11) is 0. The summed E-state index contributed by atoms with van der Waals surface area (Å²) in [4.78, 5) is 0. The fourth-order valence-corrected chi connectivity index (χ4v) is 4.39. The van der Waals surface area contributed by atoms with Crippen molar-refractivity contribution < 1.29 is 44.6 Å². The lowest BCUT2D eigenvalue weighted by atomic mass is 9.97. The molecule has 0 amide bonds. The Morgan fingerprint density at radius 2 is 1.26 bits per heavy atom. The molecule has 0 fully saturated rings. The summed E-state index contributed by atoms with van der Waals surface area (Å²) in [5.41, 5.74) is -0.0724. The van der Waals surface area contributed by atoms with Gasteiger partial charge in [-0.3, -0.25) is 4.39 Å². The van der Waals surface area contributed by atoms with Crippen molar-refractivity contribution in [1.29, 1.82) is 0 Å². The van der Waals surface area contributed by atoms with Crippen LogP contribution in [-0.4, -0.2) is 13.3 Å². The van der Waals surface area contributed by atoms with Crippen LogP contribution in [0.4, 0.5) is 35.1 Å². The van der Waals surface area contributed by atoms with Gasteiger partial charge in [-0.25, -0.2) is 22.0 Å². The first-order valence-corrected chi connectivity index (χ1v) is 13.2. The van der Waals surface area contributed by atoms with Gasteiger partial charge in [0.2, 0.25) is 0 Å². The van der Waals surface area contributed by atoms with Crippen molar-refractivity contribution in [2.24, 2.45) is 0 Å². The number of aryl methyl sites for hydroxylation is 1. The number of rotatable bonds is 12. The Morgan fingerprint density at radius 1 is 0.667 bits per heavy atom. The van der Waals surface area contributed by atoms with Crippen LogP contribution in [0.3, 0.4) is 0 Å². The fourth-order valence-electron chi connectivity index (χ4n) is 4.39. The molecule has 0 saturated heterocycles. The molecule has 4 aromatic rings. The van der Waals surface area contributed by atoms with Gasteiger partial charge in [0, 0.05) is 17.7 Å². The normalized spacial score (nSPS) is 11.5. The zero-order chi connectivity index (χ0) is 30.4. The Kier molecular flexibility index (Phi) is 9.75. The number of hydrogen-bond acceptors (Lipinski definition) is 2. The molecule has 0 aliphatic heterocycles. The Balaban J connectivity index is 1.56. The van der Waals surface area contributed by atoms with Crippen molar-refractivity contribution in [3.05, 3.63) is 107 Å². The van der Waals surface area contributed by atoms with Gasteiger partial charge >= 0.3 is 6.11 Å². The largest absolute Gasteiger partial charge is 0.488 e. The van der Waals surface area contributed by atoms with Crippen molar-refractivity contribution in [2.45, 2.75) is 38.7 Å². The first-order valence-electron chi connectivity index (χ1n) is 13.2. The van der Waals surface area contributed by atoms with Crippen LogP contribution in [-0.2, 0) is 12.5 Å². The maximum absolute atomic E-state index is 15.0. The maximum atomic E-state index is 15.0. The van der Waals surface area contributed by atoms with Crippen LogP contribution in [0.15, 0.2) is 66.7 Å². The smallest absolute Gasteiger partial charge is 0.432 e. The van der Waals surface area contributed by atoms with Gasteiger partial charge in [-0.05, 0) is 59.7 Å². The average molecular weight is 595 g/mol. The molecule has 0 atom stereocenters. The van der Waals surface area contributed by atoms with E-state index in [9.17, 15) is 30.7 Å². The molecule has 0 unspecified atom stereocenters. The summed E-state index contributed by atoms with van der Waals surface area (Å²) in [6.45, 7) is 1.17. The maximum Gasteiger partial charge on any atom is 0.432 e. The van der Waals surface area contributed by atoms with Crippen molar-refractivity contribution in [3.63, 3.8) is 0 Å². The van der Waals surface area contributed by atoms with Gasteiger partial charge in [0.15, 0.2) is 17.4 Å². The SMILES string of the molecule is CCCc1ccc(-c2ccc(-c3cc(F)c(C(F)(F)Oc4cc(F)c(OCCCCF)c(F)c4)c(F)c3)c(F)c2)cc1. The third kappa shape index (κ3) is 7.03. The third-order valence-electron chi connectivity index (χ3n) is 6.43. The summed E-state index contributed by atoms with van der Waals surface area (Å²) in [5, 5.41) is 0. The molecule has 0 N–H and O–H groups in total. The predicted molar refractivity (Wildman–Crippen MR) is 143 cm³/mol. The number of ether oxygens (including phenoxy) is 2. The van der Waals surface area contributed by atoms with Crippen LogP contribution in [0.5, 0.6) is 11.5 Å². The molecular weight excluding hydrogens is 568 g/mol. The quantitative estimate of drug-likeness (QED) is 0.120. The van der Waals surface area contributed by atoms with Crippen LogP contribution in [0.2, 0.25) is 0 Å². The van der Waals surface area contributed by atoms with Gasteiger partial charge in [0.05, 0.1) is 13.3 Å².